The van der Waals surface area contributed by atoms with Gasteiger partial charge in [0, 0.05) is 39.5 Å². The Labute approximate surface area is 117 Å². The Kier molecular flexibility index (Phi) is 5.80. The van der Waals surface area contributed by atoms with Gasteiger partial charge in [-0.2, -0.15) is 12.6 Å². The number of rotatable bonds is 5. The summed E-state index contributed by atoms with van der Waals surface area (Å²) in [5.41, 5.74) is 0.389. The van der Waals surface area contributed by atoms with Gasteiger partial charge in [-0.05, 0) is 43.8 Å². The van der Waals surface area contributed by atoms with E-state index in [2.05, 4.69) is 24.5 Å². The molecule has 0 aliphatic carbocycles. The molecule has 0 N–H and O–H groups in total. The zero-order chi connectivity index (χ0) is 12.8. The first-order valence-electron chi connectivity index (χ1n) is 7.30. The zero-order valence-corrected chi connectivity index (χ0v) is 12.5. The van der Waals surface area contributed by atoms with Crippen LogP contribution in [-0.2, 0) is 9.47 Å². The average Bonchev–Trinajstić information content (AvgIpc) is 2.42. The molecule has 2 heterocycles. The number of thiol groups is 1. The van der Waals surface area contributed by atoms with Gasteiger partial charge in [-0.1, -0.05) is 0 Å². The first-order valence-corrected chi connectivity index (χ1v) is 7.94. The van der Waals surface area contributed by atoms with Gasteiger partial charge in [-0.25, -0.2) is 0 Å². The highest BCUT2D eigenvalue weighted by Gasteiger charge is 2.34. The molecule has 106 valence electrons. The highest BCUT2D eigenvalue weighted by atomic mass is 32.1. The minimum atomic E-state index is 0.389. The smallest absolute Gasteiger partial charge is 0.0599 e. The van der Waals surface area contributed by atoms with E-state index in [-0.39, 0.29) is 0 Å². The molecule has 2 rings (SSSR count). The lowest BCUT2D eigenvalue weighted by atomic mass is 9.81. The lowest BCUT2D eigenvalue weighted by Crippen LogP contribution is -2.46. The number of ether oxygens (including phenoxy) is 2. The lowest BCUT2D eigenvalue weighted by Gasteiger charge is -2.42. The summed E-state index contributed by atoms with van der Waals surface area (Å²) in [5.74, 6) is 0.988. The summed E-state index contributed by atoms with van der Waals surface area (Å²) in [7, 11) is 0. The van der Waals surface area contributed by atoms with Crippen LogP contribution in [0.1, 0.15) is 32.6 Å². The zero-order valence-electron chi connectivity index (χ0n) is 11.6. The molecule has 0 aromatic rings. The molecule has 0 atom stereocenters. The summed E-state index contributed by atoms with van der Waals surface area (Å²) in [5, 5.41) is 0. The molecular weight excluding hydrogens is 246 g/mol. The van der Waals surface area contributed by atoms with E-state index in [1.165, 1.54) is 45.3 Å². The molecule has 0 bridgehead atoms. The van der Waals surface area contributed by atoms with Gasteiger partial charge in [0.25, 0.3) is 0 Å². The number of nitrogens with zero attached hydrogens (tertiary/aromatic N) is 1. The van der Waals surface area contributed by atoms with Gasteiger partial charge in [0.2, 0.25) is 0 Å². The fourth-order valence-corrected chi connectivity index (χ4v) is 3.53. The maximum absolute atomic E-state index is 5.71. The van der Waals surface area contributed by atoms with E-state index in [9.17, 15) is 0 Å². The molecule has 18 heavy (non-hydrogen) atoms. The van der Waals surface area contributed by atoms with Crippen molar-refractivity contribution in [2.75, 3.05) is 45.2 Å². The maximum Gasteiger partial charge on any atom is 0.0599 e. The summed E-state index contributed by atoms with van der Waals surface area (Å²) in [6, 6.07) is 0. The fourth-order valence-electron chi connectivity index (χ4n) is 3.11. The number of likely N-dealkylation sites (tertiary alicyclic amines) is 1. The van der Waals surface area contributed by atoms with Crippen LogP contribution in [0.3, 0.4) is 0 Å². The van der Waals surface area contributed by atoms with E-state index in [0.717, 1.165) is 25.6 Å². The quantitative estimate of drug-likeness (QED) is 0.776. The minimum Gasteiger partial charge on any atom is -0.381 e. The SMILES string of the molecule is CCOC1CCN(CC2(CS)CCOCC2)CC1. The van der Waals surface area contributed by atoms with Crippen LogP contribution in [0.15, 0.2) is 0 Å². The molecule has 4 heteroatoms. The first kappa shape index (κ1) is 14.6. The highest BCUT2D eigenvalue weighted by Crippen LogP contribution is 2.33. The molecule has 2 aliphatic heterocycles. The second-order valence-corrected chi connectivity index (χ2v) is 6.02. The molecule has 2 saturated heterocycles. The van der Waals surface area contributed by atoms with Gasteiger partial charge < -0.3 is 14.4 Å². The summed E-state index contributed by atoms with van der Waals surface area (Å²) in [4.78, 5) is 2.61. The Balaban J connectivity index is 1.79. The van der Waals surface area contributed by atoms with Crippen LogP contribution in [0.25, 0.3) is 0 Å². The second kappa shape index (κ2) is 7.13. The highest BCUT2D eigenvalue weighted by molar-refractivity contribution is 7.80. The van der Waals surface area contributed by atoms with Gasteiger partial charge in [-0.15, -0.1) is 0 Å². The maximum atomic E-state index is 5.71. The van der Waals surface area contributed by atoms with Crippen molar-refractivity contribution in [1.82, 2.24) is 4.90 Å². The Morgan fingerprint density at radius 2 is 1.94 bits per heavy atom. The third-order valence-corrected chi connectivity index (χ3v) is 5.06. The molecule has 0 aromatic heterocycles. The number of hydrogen-bond acceptors (Lipinski definition) is 4. The number of piperidine rings is 1. The van der Waals surface area contributed by atoms with Gasteiger partial charge in [-0.3, -0.25) is 0 Å². The molecular formula is C14H27NO2S. The Morgan fingerprint density at radius 3 is 2.50 bits per heavy atom. The van der Waals surface area contributed by atoms with Crippen LogP contribution in [0, 0.1) is 5.41 Å². The van der Waals surface area contributed by atoms with Gasteiger partial charge in [0.05, 0.1) is 6.10 Å². The van der Waals surface area contributed by atoms with Crippen molar-refractivity contribution in [3.05, 3.63) is 0 Å². The summed E-state index contributed by atoms with van der Waals surface area (Å²) in [6.07, 6.45) is 5.21. The van der Waals surface area contributed by atoms with Crippen LogP contribution in [-0.4, -0.2) is 56.2 Å². The van der Waals surface area contributed by atoms with Crippen molar-refractivity contribution in [1.29, 1.82) is 0 Å². The predicted molar refractivity (Wildman–Crippen MR) is 77.4 cm³/mol. The third-order valence-electron chi connectivity index (χ3n) is 4.38. The van der Waals surface area contributed by atoms with E-state index in [1.54, 1.807) is 0 Å². The average molecular weight is 273 g/mol. The molecule has 2 aliphatic rings. The van der Waals surface area contributed by atoms with Crippen molar-refractivity contribution in [2.24, 2.45) is 5.41 Å². The molecule has 0 unspecified atom stereocenters. The van der Waals surface area contributed by atoms with Crippen LogP contribution in [0.5, 0.6) is 0 Å². The molecule has 0 amide bonds. The van der Waals surface area contributed by atoms with Crippen molar-refractivity contribution >= 4 is 12.6 Å². The Bertz CT molecular complexity index is 236. The monoisotopic (exact) mass is 273 g/mol. The fraction of sp³-hybridized carbons (Fsp3) is 1.00. The Hall–Kier alpha value is 0.230. The molecule has 0 saturated carbocycles. The lowest BCUT2D eigenvalue weighted by molar-refractivity contribution is -0.0192. The van der Waals surface area contributed by atoms with Crippen molar-refractivity contribution in [3.63, 3.8) is 0 Å². The van der Waals surface area contributed by atoms with E-state index in [4.69, 9.17) is 9.47 Å². The van der Waals surface area contributed by atoms with Crippen LogP contribution in [0.2, 0.25) is 0 Å². The van der Waals surface area contributed by atoms with E-state index in [1.807, 2.05) is 0 Å². The van der Waals surface area contributed by atoms with Gasteiger partial charge >= 0.3 is 0 Å². The van der Waals surface area contributed by atoms with Crippen LogP contribution < -0.4 is 0 Å². The summed E-state index contributed by atoms with van der Waals surface area (Å²) < 4.78 is 11.2. The Morgan fingerprint density at radius 1 is 1.28 bits per heavy atom. The first-order chi connectivity index (χ1) is 8.78. The predicted octanol–water partition coefficient (Wildman–Crippen LogP) is 2.21. The van der Waals surface area contributed by atoms with Gasteiger partial charge in [0.15, 0.2) is 0 Å². The summed E-state index contributed by atoms with van der Waals surface area (Å²) >= 11 is 4.59. The van der Waals surface area contributed by atoms with Crippen molar-refractivity contribution in [2.45, 2.75) is 38.7 Å². The number of hydrogen-bond donors (Lipinski definition) is 1. The normalized spacial score (nSPS) is 26.3. The van der Waals surface area contributed by atoms with E-state index >= 15 is 0 Å². The van der Waals surface area contributed by atoms with Gasteiger partial charge in [0.1, 0.15) is 0 Å². The molecule has 0 radical (unpaired) electrons. The van der Waals surface area contributed by atoms with Crippen LogP contribution in [0.4, 0.5) is 0 Å². The minimum absolute atomic E-state index is 0.389. The molecule has 0 aromatic carbocycles. The largest absolute Gasteiger partial charge is 0.381 e. The summed E-state index contributed by atoms with van der Waals surface area (Å²) in [6.45, 7) is 8.32. The molecule has 3 nitrogen and oxygen atoms in total. The van der Waals surface area contributed by atoms with Crippen LogP contribution >= 0.6 is 12.6 Å². The van der Waals surface area contributed by atoms with Crippen molar-refractivity contribution in [3.8, 4) is 0 Å². The molecule has 2 fully saturated rings. The second-order valence-electron chi connectivity index (χ2n) is 5.70. The topological polar surface area (TPSA) is 21.7 Å². The van der Waals surface area contributed by atoms with E-state index < -0.39 is 0 Å². The van der Waals surface area contributed by atoms with E-state index in [0.29, 0.717) is 11.5 Å². The van der Waals surface area contributed by atoms with Crippen molar-refractivity contribution < 1.29 is 9.47 Å². The molecule has 0 spiro atoms. The standard InChI is InChI=1S/C14H27NO2S/c1-2-17-13-3-7-15(8-4-13)11-14(12-18)5-9-16-10-6-14/h13,18H,2-12H2,1H3. The third kappa shape index (κ3) is 3.86.